The van der Waals surface area contributed by atoms with Crippen LogP contribution in [0.2, 0.25) is 0 Å². The van der Waals surface area contributed by atoms with E-state index in [1.165, 1.54) is 35.5 Å². The van der Waals surface area contributed by atoms with Gasteiger partial charge in [-0.3, -0.25) is 4.79 Å². The minimum absolute atomic E-state index is 0.0120. The van der Waals surface area contributed by atoms with Crippen molar-refractivity contribution in [2.24, 2.45) is 0 Å². The molecule has 0 aliphatic carbocycles. The highest BCUT2D eigenvalue weighted by Crippen LogP contribution is 2.13. The first-order valence-corrected chi connectivity index (χ1v) is 8.42. The number of piperidine rings is 1. The second-order valence-electron chi connectivity index (χ2n) is 5.47. The summed E-state index contributed by atoms with van der Waals surface area (Å²) in [4.78, 5) is 14.4. The van der Waals surface area contributed by atoms with E-state index in [1.807, 2.05) is 29.6 Å². The summed E-state index contributed by atoms with van der Waals surface area (Å²) in [6.07, 6.45) is 5.54. The number of carbonyl (C=O) groups excluding carboxylic acids is 1. The normalized spacial score (nSPS) is 17.5. The van der Waals surface area contributed by atoms with Crippen molar-refractivity contribution in [1.29, 1.82) is 0 Å². The average molecular weight is 305 g/mol. The lowest BCUT2D eigenvalue weighted by Gasteiger charge is -2.30. The Hall–Kier alpha value is -1.59. The predicted octanol–water partition coefficient (Wildman–Crippen LogP) is 1.88. The minimum Gasteiger partial charge on any atom is -0.463 e. The average Bonchev–Trinajstić information content (AvgIpc) is 3.22. The Balaban J connectivity index is 1.66. The van der Waals surface area contributed by atoms with Gasteiger partial charge >= 0.3 is 0 Å². The summed E-state index contributed by atoms with van der Waals surface area (Å²) in [7, 11) is 0. The maximum Gasteiger partial charge on any atom is 0.261 e. The van der Waals surface area contributed by atoms with Crippen molar-refractivity contribution in [2.75, 3.05) is 19.6 Å². The zero-order valence-corrected chi connectivity index (χ0v) is 12.8. The number of amides is 1. The molecule has 0 radical (unpaired) electrons. The Kier molecular flexibility index (Phi) is 4.72. The zero-order chi connectivity index (χ0) is 14.5. The second-order valence-corrected chi connectivity index (χ2v) is 6.42. The van der Waals surface area contributed by atoms with Gasteiger partial charge in [0, 0.05) is 0 Å². The van der Waals surface area contributed by atoms with Crippen LogP contribution in [0, 0.1) is 0 Å². The van der Waals surface area contributed by atoms with Gasteiger partial charge in [-0.1, -0.05) is 6.07 Å². The first kappa shape index (κ1) is 14.4. The Morgan fingerprint density at radius 2 is 2.14 bits per heavy atom. The van der Waals surface area contributed by atoms with Gasteiger partial charge in [0.1, 0.15) is 0 Å². The third-order valence-electron chi connectivity index (χ3n) is 4.09. The van der Waals surface area contributed by atoms with Crippen LogP contribution in [0.1, 0.15) is 40.7 Å². The number of hydrogen-bond donors (Lipinski definition) is 2. The van der Waals surface area contributed by atoms with Crippen molar-refractivity contribution in [2.45, 2.75) is 25.3 Å². The van der Waals surface area contributed by atoms with Crippen LogP contribution in [0.5, 0.6) is 0 Å². The van der Waals surface area contributed by atoms with E-state index in [9.17, 15) is 4.79 Å². The molecule has 0 saturated carbocycles. The maximum atomic E-state index is 12.1. The van der Waals surface area contributed by atoms with Crippen molar-refractivity contribution < 1.29 is 14.1 Å². The van der Waals surface area contributed by atoms with Gasteiger partial charge in [0.2, 0.25) is 0 Å². The zero-order valence-electron chi connectivity index (χ0n) is 12.0. The Labute approximate surface area is 128 Å². The number of likely N-dealkylation sites (tertiary alicyclic amines) is 1. The first-order chi connectivity index (χ1) is 10.3. The third kappa shape index (κ3) is 3.54. The van der Waals surface area contributed by atoms with E-state index < -0.39 is 0 Å². The standard InChI is InChI=1S/C16H20N2O2S/c19-16(15-7-5-11-21-15)17-12-13(14-6-4-10-20-14)18-8-2-1-3-9-18/h4-7,10-11,13H,1-3,8-9,12H2,(H,17,19)/p+1/t13-/m1/s1. The van der Waals surface area contributed by atoms with E-state index in [4.69, 9.17) is 4.42 Å². The maximum absolute atomic E-state index is 12.1. The highest BCUT2D eigenvalue weighted by atomic mass is 32.1. The summed E-state index contributed by atoms with van der Waals surface area (Å²) < 4.78 is 5.60. The van der Waals surface area contributed by atoms with E-state index in [-0.39, 0.29) is 11.9 Å². The molecule has 1 saturated heterocycles. The van der Waals surface area contributed by atoms with Gasteiger partial charge in [0.25, 0.3) is 5.91 Å². The van der Waals surface area contributed by atoms with Crippen molar-refractivity contribution in [3.63, 3.8) is 0 Å². The molecule has 1 amide bonds. The van der Waals surface area contributed by atoms with Crippen LogP contribution >= 0.6 is 11.3 Å². The molecule has 5 heteroatoms. The van der Waals surface area contributed by atoms with Crippen LogP contribution in [-0.4, -0.2) is 25.5 Å². The van der Waals surface area contributed by atoms with Crippen LogP contribution in [-0.2, 0) is 0 Å². The number of thiophene rings is 1. The van der Waals surface area contributed by atoms with Gasteiger partial charge < -0.3 is 14.6 Å². The lowest BCUT2D eigenvalue weighted by Crippen LogP contribution is -3.13. The summed E-state index contributed by atoms with van der Waals surface area (Å²) in [5.41, 5.74) is 0. The summed E-state index contributed by atoms with van der Waals surface area (Å²) in [6, 6.07) is 7.91. The van der Waals surface area contributed by atoms with Crippen LogP contribution in [0.3, 0.4) is 0 Å². The predicted molar refractivity (Wildman–Crippen MR) is 82.6 cm³/mol. The fourth-order valence-corrected chi connectivity index (χ4v) is 3.62. The quantitative estimate of drug-likeness (QED) is 0.886. The summed E-state index contributed by atoms with van der Waals surface area (Å²) in [5.74, 6) is 0.983. The van der Waals surface area contributed by atoms with E-state index in [0.29, 0.717) is 6.54 Å². The highest BCUT2D eigenvalue weighted by Gasteiger charge is 2.28. The first-order valence-electron chi connectivity index (χ1n) is 7.54. The molecule has 2 N–H and O–H groups in total. The smallest absolute Gasteiger partial charge is 0.261 e. The lowest BCUT2D eigenvalue weighted by atomic mass is 10.1. The van der Waals surface area contributed by atoms with Gasteiger partial charge in [-0.2, -0.15) is 0 Å². The monoisotopic (exact) mass is 305 g/mol. The van der Waals surface area contributed by atoms with Gasteiger partial charge in [0.05, 0.1) is 30.8 Å². The van der Waals surface area contributed by atoms with Crippen molar-refractivity contribution >= 4 is 17.2 Å². The van der Waals surface area contributed by atoms with E-state index in [2.05, 4.69) is 5.32 Å². The molecule has 1 fully saturated rings. The molecule has 1 aliphatic rings. The fraction of sp³-hybridized carbons (Fsp3) is 0.438. The number of carbonyl (C=O) groups is 1. The summed E-state index contributed by atoms with van der Waals surface area (Å²) >= 11 is 1.47. The molecule has 112 valence electrons. The second kappa shape index (κ2) is 6.91. The minimum atomic E-state index is 0.0120. The number of rotatable bonds is 5. The lowest BCUT2D eigenvalue weighted by molar-refractivity contribution is -0.936. The molecule has 0 aromatic carbocycles. The van der Waals surface area contributed by atoms with Crippen LogP contribution in [0.15, 0.2) is 40.3 Å². The molecule has 3 heterocycles. The molecule has 21 heavy (non-hydrogen) atoms. The van der Waals surface area contributed by atoms with Crippen LogP contribution < -0.4 is 10.2 Å². The third-order valence-corrected chi connectivity index (χ3v) is 4.96. The number of nitrogens with one attached hydrogen (secondary N) is 2. The molecular formula is C16H21N2O2S+. The largest absolute Gasteiger partial charge is 0.463 e. The Bertz CT molecular complexity index is 545. The molecule has 3 rings (SSSR count). The molecule has 2 aromatic rings. The van der Waals surface area contributed by atoms with Gasteiger partial charge in [0.15, 0.2) is 11.8 Å². The Morgan fingerprint density at radius 1 is 1.29 bits per heavy atom. The molecule has 0 unspecified atom stereocenters. The fourth-order valence-electron chi connectivity index (χ4n) is 2.98. The molecular weight excluding hydrogens is 284 g/mol. The molecule has 1 atom stereocenters. The number of quaternary nitrogens is 1. The van der Waals surface area contributed by atoms with E-state index in [0.717, 1.165) is 23.7 Å². The van der Waals surface area contributed by atoms with Crippen molar-refractivity contribution in [3.05, 3.63) is 46.5 Å². The van der Waals surface area contributed by atoms with Gasteiger partial charge in [-0.15, -0.1) is 11.3 Å². The summed E-state index contributed by atoms with van der Waals surface area (Å²) in [5, 5.41) is 4.99. The molecule has 0 bridgehead atoms. The van der Waals surface area contributed by atoms with Gasteiger partial charge in [-0.25, -0.2) is 0 Å². The van der Waals surface area contributed by atoms with Crippen LogP contribution in [0.25, 0.3) is 0 Å². The molecule has 2 aromatic heterocycles. The number of hydrogen-bond acceptors (Lipinski definition) is 3. The molecule has 4 nitrogen and oxygen atoms in total. The Morgan fingerprint density at radius 3 is 2.81 bits per heavy atom. The van der Waals surface area contributed by atoms with E-state index in [1.54, 1.807) is 6.26 Å². The summed E-state index contributed by atoms with van der Waals surface area (Å²) in [6.45, 7) is 2.93. The van der Waals surface area contributed by atoms with Crippen LogP contribution in [0.4, 0.5) is 0 Å². The van der Waals surface area contributed by atoms with E-state index >= 15 is 0 Å². The number of furan rings is 1. The highest BCUT2D eigenvalue weighted by molar-refractivity contribution is 7.12. The van der Waals surface area contributed by atoms with Crippen molar-refractivity contribution in [1.82, 2.24) is 5.32 Å². The molecule has 1 aliphatic heterocycles. The van der Waals surface area contributed by atoms with Crippen molar-refractivity contribution in [3.8, 4) is 0 Å². The topological polar surface area (TPSA) is 46.7 Å². The molecule has 0 spiro atoms. The SMILES string of the molecule is O=C(NC[C@H](c1ccco1)[NH+]1CCCCC1)c1cccs1. The van der Waals surface area contributed by atoms with Gasteiger partial charge in [-0.05, 0) is 42.8 Å².